The van der Waals surface area contributed by atoms with Crippen molar-refractivity contribution in [1.82, 2.24) is 4.90 Å². The van der Waals surface area contributed by atoms with Crippen molar-refractivity contribution in [3.05, 3.63) is 109 Å². The van der Waals surface area contributed by atoms with Crippen molar-refractivity contribution < 1.29 is 19.1 Å². The van der Waals surface area contributed by atoms with Gasteiger partial charge in [0.1, 0.15) is 6.61 Å². The average molecular weight is 653 g/mol. The fourth-order valence-electron chi connectivity index (χ4n) is 4.13. The minimum Gasteiger partial charge on any atom is -0.490 e. The molecule has 1 fully saturated rings. The summed E-state index contributed by atoms with van der Waals surface area (Å²) in [5, 5.41) is 1.89. The number of benzene rings is 4. The van der Waals surface area contributed by atoms with Crippen LogP contribution in [0, 0.1) is 0 Å². The van der Waals surface area contributed by atoms with E-state index in [1.54, 1.807) is 6.08 Å². The van der Waals surface area contributed by atoms with Crippen LogP contribution in [0.25, 0.3) is 16.8 Å². The minimum atomic E-state index is -0.321. The Morgan fingerprint density at radius 2 is 1.58 bits per heavy atom. The SMILES string of the molecule is CCOc1cc(/C=C2\SC(=O)N(Cc3ccc4ccccc4c3)C2=O)c(Br)c(Br)c1OCc1ccccc1. The highest BCUT2D eigenvalue weighted by Gasteiger charge is 2.35. The van der Waals surface area contributed by atoms with E-state index in [-0.39, 0.29) is 17.7 Å². The van der Waals surface area contributed by atoms with E-state index in [4.69, 9.17) is 9.47 Å². The number of hydrogen-bond acceptors (Lipinski definition) is 5. The number of thioether (sulfide) groups is 1. The van der Waals surface area contributed by atoms with Gasteiger partial charge in [-0.15, -0.1) is 0 Å². The Kier molecular flexibility index (Phi) is 8.21. The minimum absolute atomic E-state index is 0.216. The quantitative estimate of drug-likeness (QED) is 0.179. The third kappa shape index (κ3) is 5.67. The van der Waals surface area contributed by atoms with E-state index in [0.29, 0.717) is 44.1 Å². The van der Waals surface area contributed by atoms with Gasteiger partial charge in [0.25, 0.3) is 11.1 Å². The predicted molar refractivity (Wildman–Crippen MR) is 159 cm³/mol. The average Bonchev–Trinajstić information content (AvgIpc) is 3.19. The Morgan fingerprint density at radius 3 is 2.34 bits per heavy atom. The second-order valence-corrected chi connectivity index (χ2v) is 11.2. The number of rotatable bonds is 8. The first kappa shape index (κ1) is 26.5. The molecule has 38 heavy (non-hydrogen) atoms. The molecule has 0 aromatic heterocycles. The summed E-state index contributed by atoms with van der Waals surface area (Å²) in [6, 6.07) is 25.7. The third-order valence-electron chi connectivity index (χ3n) is 6.00. The molecule has 8 heteroatoms. The summed E-state index contributed by atoms with van der Waals surface area (Å²) in [4.78, 5) is 27.7. The van der Waals surface area contributed by atoms with Gasteiger partial charge in [0.15, 0.2) is 11.5 Å². The Morgan fingerprint density at radius 1 is 0.842 bits per heavy atom. The number of nitrogens with zero attached hydrogens (tertiary/aromatic N) is 1. The topological polar surface area (TPSA) is 55.8 Å². The molecule has 0 bridgehead atoms. The highest BCUT2D eigenvalue weighted by atomic mass is 79.9. The maximum atomic E-state index is 13.3. The standard InChI is InChI=1S/C30H23Br2NO4S/c1-2-36-24-15-23(26(31)27(32)28(24)37-18-19-8-4-3-5-9-19)16-25-29(34)33(30(35)38-25)17-20-12-13-21-10-6-7-11-22(21)14-20/h3-16H,2,17-18H2,1H3/b25-16-. The van der Waals surface area contributed by atoms with E-state index in [1.807, 2.05) is 85.8 Å². The van der Waals surface area contributed by atoms with E-state index in [0.717, 1.165) is 33.7 Å². The van der Waals surface area contributed by atoms with E-state index >= 15 is 0 Å². The molecular formula is C30H23Br2NO4S. The van der Waals surface area contributed by atoms with Crippen LogP contribution in [-0.4, -0.2) is 22.7 Å². The van der Waals surface area contributed by atoms with Crippen molar-refractivity contribution in [2.45, 2.75) is 20.1 Å². The van der Waals surface area contributed by atoms with Crippen LogP contribution in [0.3, 0.4) is 0 Å². The van der Waals surface area contributed by atoms with E-state index in [2.05, 4.69) is 31.9 Å². The van der Waals surface area contributed by atoms with Gasteiger partial charge < -0.3 is 9.47 Å². The lowest BCUT2D eigenvalue weighted by molar-refractivity contribution is -0.123. The molecule has 1 aliphatic rings. The predicted octanol–water partition coefficient (Wildman–Crippen LogP) is 8.58. The molecule has 0 aliphatic carbocycles. The largest absolute Gasteiger partial charge is 0.490 e. The van der Waals surface area contributed by atoms with Crippen LogP contribution in [0.4, 0.5) is 4.79 Å². The zero-order valence-electron chi connectivity index (χ0n) is 20.4. The van der Waals surface area contributed by atoms with Gasteiger partial charge in [-0.1, -0.05) is 66.7 Å². The van der Waals surface area contributed by atoms with Crippen LogP contribution < -0.4 is 9.47 Å². The van der Waals surface area contributed by atoms with Crippen LogP contribution >= 0.6 is 43.6 Å². The fraction of sp³-hybridized carbons (Fsp3) is 0.133. The van der Waals surface area contributed by atoms with Gasteiger partial charge in [0.05, 0.1) is 22.5 Å². The maximum Gasteiger partial charge on any atom is 0.293 e. The summed E-state index contributed by atoms with van der Waals surface area (Å²) in [6.45, 7) is 2.93. The van der Waals surface area contributed by atoms with Gasteiger partial charge in [0, 0.05) is 4.47 Å². The first-order chi connectivity index (χ1) is 18.4. The van der Waals surface area contributed by atoms with E-state index < -0.39 is 0 Å². The van der Waals surface area contributed by atoms with Crippen molar-refractivity contribution in [1.29, 1.82) is 0 Å². The molecule has 4 aromatic rings. The van der Waals surface area contributed by atoms with Gasteiger partial charge >= 0.3 is 0 Å². The van der Waals surface area contributed by atoms with Crippen LogP contribution in [-0.2, 0) is 17.9 Å². The maximum absolute atomic E-state index is 13.3. The molecule has 0 saturated carbocycles. The summed E-state index contributed by atoms with van der Waals surface area (Å²) in [5.74, 6) is 0.780. The summed E-state index contributed by atoms with van der Waals surface area (Å²) in [7, 11) is 0. The smallest absolute Gasteiger partial charge is 0.293 e. The highest BCUT2D eigenvalue weighted by molar-refractivity contribution is 9.13. The Hall–Kier alpha value is -3.07. The molecule has 2 amide bonds. The summed E-state index contributed by atoms with van der Waals surface area (Å²) >= 11 is 8.19. The third-order valence-corrected chi connectivity index (χ3v) is 9.05. The molecule has 5 nitrogen and oxygen atoms in total. The summed E-state index contributed by atoms with van der Waals surface area (Å²) < 4.78 is 13.3. The van der Waals surface area contributed by atoms with Crippen LogP contribution in [0.5, 0.6) is 11.5 Å². The highest BCUT2D eigenvalue weighted by Crippen LogP contribution is 2.45. The molecule has 1 heterocycles. The molecule has 5 rings (SSSR count). The molecular weight excluding hydrogens is 630 g/mol. The second kappa shape index (κ2) is 11.8. The number of hydrogen-bond donors (Lipinski definition) is 0. The van der Waals surface area contributed by atoms with Crippen molar-refractivity contribution >= 4 is 71.6 Å². The number of ether oxygens (including phenoxy) is 2. The van der Waals surface area contributed by atoms with E-state index in [9.17, 15) is 9.59 Å². The summed E-state index contributed by atoms with van der Waals surface area (Å²) in [5.41, 5.74) is 2.63. The molecule has 1 aliphatic heterocycles. The van der Waals surface area contributed by atoms with Crippen molar-refractivity contribution in [2.24, 2.45) is 0 Å². The zero-order valence-corrected chi connectivity index (χ0v) is 24.4. The van der Waals surface area contributed by atoms with Gasteiger partial charge in [-0.25, -0.2) is 0 Å². The molecule has 0 radical (unpaired) electrons. The van der Waals surface area contributed by atoms with Gasteiger partial charge in [-0.05, 0) is 96.2 Å². The Balaban J connectivity index is 1.40. The van der Waals surface area contributed by atoms with Crippen LogP contribution in [0.2, 0.25) is 0 Å². The molecule has 0 N–H and O–H groups in total. The number of imide groups is 1. The Labute approximate surface area is 242 Å². The summed E-state index contributed by atoms with van der Waals surface area (Å²) in [6.07, 6.45) is 1.71. The normalized spacial score (nSPS) is 14.5. The first-order valence-electron chi connectivity index (χ1n) is 12.0. The lowest BCUT2D eigenvalue weighted by Gasteiger charge is -2.17. The first-order valence-corrected chi connectivity index (χ1v) is 14.4. The molecule has 4 aromatic carbocycles. The molecule has 0 unspecified atom stereocenters. The molecule has 0 spiro atoms. The Bertz CT molecular complexity index is 1560. The van der Waals surface area contributed by atoms with Gasteiger partial charge in [0.2, 0.25) is 0 Å². The van der Waals surface area contributed by atoms with Gasteiger partial charge in [-0.2, -0.15) is 0 Å². The number of amides is 2. The van der Waals surface area contributed by atoms with Gasteiger partial charge in [-0.3, -0.25) is 14.5 Å². The van der Waals surface area contributed by atoms with Crippen molar-refractivity contribution in [3.8, 4) is 11.5 Å². The number of carbonyl (C=O) groups is 2. The zero-order chi connectivity index (χ0) is 26.6. The van der Waals surface area contributed by atoms with Crippen molar-refractivity contribution in [2.75, 3.05) is 6.61 Å². The van der Waals surface area contributed by atoms with Crippen molar-refractivity contribution in [3.63, 3.8) is 0 Å². The number of carbonyl (C=O) groups excluding carboxylic acids is 2. The molecule has 1 saturated heterocycles. The second-order valence-electron chi connectivity index (χ2n) is 8.58. The molecule has 0 atom stereocenters. The lowest BCUT2D eigenvalue weighted by atomic mass is 10.1. The number of halogens is 2. The lowest BCUT2D eigenvalue weighted by Crippen LogP contribution is -2.27. The monoisotopic (exact) mass is 651 g/mol. The number of fused-ring (bicyclic) bond motifs is 1. The fourth-order valence-corrected chi connectivity index (χ4v) is 5.91. The van der Waals surface area contributed by atoms with Crippen LogP contribution in [0.15, 0.2) is 92.7 Å². The van der Waals surface area contributed by atoms with Crippen LogP contribution in [0.1, 0.15) is 23.6 Å². The molecule has 192 valence electrons. The van der Waals surface area contributed by atoms with E-state index in [1.165, 1.54) is 4.90 Å².